The van der Waals surface area contributed by atoms with Gasteiger partial charge >= 0.3 is 17.1 Å². The molecule has 0 N–H and O–H groups in total. The largest absolute Gasteiger partial charge is 2.00 e. The smallest absolute Gasteiger partial charge is 0.872 e. The van der Waals surface area contributed by atoms with Crippen molar-refractivity contribution in [1.82, 2.24) is 9.97 Å². The van der Waals surface area contributed by atoms with E-state index in [4.69, 9.17) is 0 Å². The molecule has 4 nitrogen and oxygen atoms in total. The Morgan fingerprint density at radius 3 is 1.19 bits per heavy atom. The fourth-order valence-electron chi connectivity index (χ4n) is 2.56. The molecule has 0 aliphatic carbocycles. The third kappa shape index (κ3) is 7.94. The van der Waals surface area contributed by atoms with Gasteiger partial charge in [-0.05, 0) is 47.5 Å². The van der Waals surface area contributed by atoms with E-state index >= 15 is 0 Å². The number of nitrogens with zero attached hydrogens (tertiary/aromatic N) is 2. The van der Waals surface area contributed by atoms with Crippen molar-refractivity contribution >= 4 is 23.7 Å². The van der Waals surface area contributed by atoms with Crippen molar-refractivity contribution in [3.8, 4) is 0 Å². The molecule has 31 heavy (non-hydrogen) atoms. The Balaban J connectivity index is 0.000000213. The molecule has 0 amide bonds. The summed E-state index contributed by atoms with van der Waals surface area (Å²) in [6.45, 7) is 0. The molecule has 2 aromatic carbocycles. The van der Waals surface area contributed by atoms with Crippen LogP contribution < -0.4 is 10.2 Å². The molecule has 0 aliphatic heterocycles. The quantitative estimate of drug-likeness (QED) is 0.346. The molecule has 4 aromatic rings. The molecule has 0 aliphatic rings. The SMILES string of the molecule is [Cu+2].[O-]/C(=C\c1ccccn1)c1ccccc1.[O-]/C(=C\c1ccccn1)c1ccccc1. The molecule has 0 atom stereocenters. The third-order valence-corrected chi connectivity index (χ3v) is 4.05. The van der Waals surface area contributed by atoms with E-state index in [0.717, 1.165) is 0 Å². The molecule has 0 fully saturated rings. The monoisotopic (exact) mass is 455 g/mol. The second kappa shape index (κ2) is 12.8. The van der Waals surface area contributed by atoms with Crippen LogP contribution in [0.3, 0.4) is 0 Å². The topological polar surface area (TPSA) is 71.9 Å². The van der Waals surface area contributed by atoms with Gasteiger partial charge in [0.1, 0.15) is 0 Å². The van der Waals surface area contributed by atoms with Crippen LogP contribution in [0.15, 0.2) is 109 Å². The van der Waals surface area contributed by atoms with Crippen molar-refractivity contribution in [2.24, 2.45) is 0 Å². The molecule has 157 valence electrons. The van der Waals surface area contributed by atoms with Crippen LogP contribution in [0.2, 0.25) is 0 Å². The van der Waals surface area contributed by atoms with Gasteiger partial charge in [0.05, 0.1) is 11.4 Å². The molecular weight excluding hydrogens is 436 g/mol. The van der Waals surface area contributed by atoms with Gasteiger partial charge in [0.15, 0.2) is 0 Å². The number of pyridine rings is 2. The van der Waals surface area contributed by atoms with Crippen molar-refractivity contribution in [2.45, 2.75) is 0 Å². The van der Waals surface area contributed by atoms with Crippen LogP contribution in [-0.2, 0) is 17.1 Å². The minimum Gasteiger partial charge on any atom is -0.872 e. The average molecular weight is 456 g/mol. The molecule has 0 saturated heterocycles. The first-order chi connectivity index (χ1) is 14.7. The molecule has 0 saturated carbocycles. The number of hydrogen-bond donors (Lipinski definition) is 0. The van der Waals surface area contributed by atoms with Crippen molar-refractivity contribution in [2.75, 3.05) is 0 Å². The summed E-state index contributed by atoms with van der Waals surface area (Å²) in [4.78, 5) is 8.14. The maximum atomic E-state index is 11.7. The molecular formula is C26H20CuN2O2. The van der Waals surface area contributed by atoms with Crippen LogP contribution in [0.4, 0.5) is 0 Å². The number of hydrogen-bond acceptors (Lipinski definition) is 4. The van der Waals surface area contributed by atoms with Gasteiger partial charge in [0.25, 0.3) is 0 Å². The van der Waals surface area contributed by atoms with Gasteiger partial charge in [-0.3, -0.25) is 9.97 Å². The number of benzene rings is 2. The summed E-state index contributed by atoms with van der Waals surface area (Å²) in [5.74, 6) is -0.0383. The van der Waals surface area contributed by atoms with Gasteiger partial charge in [-0.15, -0.1) is 0 Å². The Morgan fingerprint density at radius 1 is 0.516 bits per heavy atom. The van der Waals surface area contributed by atoms with Gasteiger partial charge in [-0.2, -0.15) is 0 Å². The Bertz CT molecular complexity index is 994. The second-order valence-electron chi connectivity index (χ2n) is 6.26. The molecule has 0 unspecified atom stereocenters. The first-order valence-electron chi connectivity index (χ1n) is 9.43. The zero-order valence-electron chi connectivity index (χ0n) is 16.6. The predicted octanol–water partition coefficient (Wildman–Crippen LogP) is 3.88. The van der Waals surface area contributed by atoms with Gasteiger partial charge in [0, 0.05) is 12.4 Å². The minimum atomic E-state index is -0.0192. The molecule has 2 heterocycles. The van der Waals surface area contributed by atoms with E-state index < -0.39 is 0 Å². The Morgan fingerprint density at radius 2 is 0.871 bits per heavy atom. The fourth-order valence-corrected chi connectivity index (χ4v) is 2.56. The normalized spacial score (nSPS) is 11.0. The van der Waals surface area contributed by atoms with Crippen LogP contribution in [0.5, 0.6) is 0 Å². The van der Waals surface area contributed by atoms with E-state index in [1.165, 1.54) is 12.2 Å². The summed E-state index contributed by atoms with van der Waals surface area (Å²) in [7, 11) is 0. The second-order valence-corrected chi connectivity index (χ2v) is 6.26. The molecule has 0 bridgehead atoms. The van der Waals surface area contributed by atoms with Crippen LogP contribution in [0.25, 0.3) is 23.7 Å². The Hall–Kier alpha value is -3.66. The maximum Gasteiger partial charge on any atom is 2.00 e. The predicted molar refractivity (Wildman–Crippen MR) is 117 cm³/mol. The number of aromatic nitrogens is 2. The zero-order valence-corrected chi connectivity index (χ0v) is 17.5. The summed E-state index contributed by atoms with van der Waals surface area (Å²) >= 11 is 0. The molecule has 2 aromatic heterocycles. The maximum absolute atomic E-state index is 11.7. The van der Waals surface area contributed by atoms with Crippen LogP contribution >= 0.6 is 0 Å². The Labute approximate surface area is 192 Å². The van der Waals surface area contributed by atoms with Crippen molar-refractivity contribution in [3.05, 3.63) is 132 Å². The summed E-state index contributed by atoms with van der Waals surface area (Å²) in [5.41, 5.74) is 2.74. The third-order valence-electron chi connectivity index (χ3n) is 4.05. The van der Waals surface area contributed by atoms with Crippen LogP contribution in [0, 0.1) is 0 Å². The van der Waals surface area contributed by atoms with E-state index in [1.54, 1.807) is 48.8 Å². The van der Waals surface area contributed by atoms with E-state index in [9.17, 15) is 10.2 Å². The summed E-state index contributed by atoms with van der Waals surface area (Å²) in [6.07, 6.45) is 6.42. The van der Waals surface area contributed by atoms with Gasteiger partial charge < -0.3 is 10.2 Å². The first kappa shape index (κ1) is 23.6. The standard InChI is InChI=1S/2C13H11NO.Cu/c2*15-13(11-6-2-1-3-7-11)10-12-8-4-5-9-14-12;/h2*1-10,15H;/q;;+2/p-2/b2*13-10-;. The molecule has 4 rings (SSSR count). The number of rotatable bonds is 4. The summed E-state index contributed by atoms with van der Waals surface area (Å²) in [6, 6.07) is 29.3. The molecule has 5 heteroatoms. The summed E-state index contributed by atoms with van der Waals surface area (Å²) < 4.78 is 0. The first-order valence-corrected chi connectivity index (χ1v) is 9.43. The van der Waals surface area contributed by atoms with E-state index in [0.29, 0.717) is 22.5 Å². The van der Waals surface area contributed by atoms with Crippen LogP contribution in [-0.4, -0.2) is 9.97 Å². The average Bonchev–Trinajstić information content (AvgIpc) is 2.82. The van der Waals surface area contributed by atoms with Gasteiger partial charge in [-0.1, -0.05) is 84.3 Å². The van der Waals surface area contributed by atoms with Crippen molar-refractivity contribution < 1.29 is 27.3 Å². The van der Waals surface area contributed by atoms with E-state index in [1.807, 2.05) is 60.7 Å². The van der Waals surface area contributed by atoms with Crippen molar-refractivity contribution in [3.63, 3.8) is 0 Å². The van der Waals surface area contributed by atoms with E-state index in [2.05, 4.69) is 9.97 Å². The summed E-state index contributed by atoms with van der Waals surface area (Å²) in [5, 5.41) is 23.4. The fraction of sp³-hybridized carbons (Fsp3) is 0. The Kier molecular flexibility index (Phi) is 9.76. The zero-order chi connectivity index (χ0) is 21.0. The van der Waals surface area contributed by atoms with E-state index in [-0.39, 0.29) is 28.6 Å². The molecule has 1 radical (unpaired) electrons. The van der Waals surface area contributed by atoms with Gasteiger partial charge in [0.2, 0.25) is 0 Å². The van der Waals surface area contributed by atoms with Crippen molar-refractivity contribution in [1.29, 1.82) is 0 Å². The minimum absolute atomic E-state index is 0. The molecule has 0 spiro atoms. The van der Waals surface area contributed by atoms with Gasteiger partial charge in [-0.25, -0.2) is 0 Å². The van der Waals surface area contributed by atoms with Crippen LogP contribution in [0.1, 0.15) is 22.5 Å².